The molecule has 0 amide bonds. The van der Waals surface area contributed by atoms with Gasteiger partial charge >= 0.3 is 6.36 Å². The summed E-state index contributed by atoms with van der Waals surface area (Å²) in [5.74, 6) is -0.893. The highest BCUT2D eigenvalue weighted by molar-refractivity contribution is 5.21. The molecule has 7 heteroatoms. The lowest BCUT2D eigenvalue weighted by molar-refractivity contribution is -0.276. The average molecular weight is 213 g/mol. The molecule has 14 heavy (non-hydrogen) atoms. The quantitative estimate of drug-likeness (QED) is 0.704. The lowest BCUT2D eigenvalue weighted by Gasteiger charge is -2.08. The molecule has 2 nitrogen and oxygen atoms in total. The second-order valence-corrected chi connectivity index (χ2v) is 2.28. The van der Waals surface area contributed by atoms with Gasteiger partial charge in [0.2, 0.25) is 5.88 Å². The second-order valence-electron chi connectivity index (χ2n) is 2.28. The van der Waals surface area contributed by atoms with Crippen molar-refractivity contribution < 1.29 is 26.7 Å². The standard InChI is InChI=1S/C7H4F5NO/c8-6(9)4-1-2-13-5(3-4)14-7(10,11)12/h1-3,6H. The Labute approximate surface area is 75.3 Å². The molecule has 78 valence electrons. The van der Waals surface area contributed by atoms with Crippen LogP contribution in [0.15, 0.2) is 18.3 Å². The smallest absolute Gasteiger partial charge is 0.388 e. The highest BCUT2D eigenvalue weighted by Gasteiger charge is 2.32. The lowest BCUT2D eigenvalue weighted by Crippen LogP contribution is -2.17. The molecule has 0 bridgehead atoms. The SMILES string of the molecule is FC(F)c1ccnc(OC(F)(F)F)c1. The van der Waals surface area contributed by atoms with Gasteiger partial charge in [-0.25, -0.2) is 13.8 Å². The highest BCUT2D eigenvalue weighted by atomic mass is 19.4. The van der Waals surface area contributed by atoms with Crippen molar-refractivity contribution >= 4 is 0 Å². The first-order valence-corrected chi connectivity index (χ1v) is 3.38. The summed E-state index contributed by atoms with van der Waals surface area (Å²) in [7, 11) is 0. The Morgan fingerprint density at radius 2 is 1.93 bits per heavy atom. The van der Waals surface area contributed by atoms with E-state index in [0.29, 0.717) is 6.07 Å². The van der Waals surface area contributed by atoms with Crippen molar-refractivity contribution in [1.29, 1.82) is 0 Å². The van der Waals surface area contributed by atoms with Crippen molar-refractivity contribution in [2.45, 2.75) is 12.8 Å². The van der Waals surface area contributed by atoms with E-state index >= 15 is 0 Å². The molecule has 0 aromatic carbocycles. The molecule has 1 aromatic heterocycles. The van der Waals surface area contributed by atoms with E-state index in [9.17, 15) is 22.0 Å². The molecule has 0 fully saturated rings. The van der Waals surface area contributed by atoms with Crippen LogP contribution in [0, 0.1) is 0 Å². The van der Waals surface area contributed by atoms with Gasteiger partial charge in [-0.3, -0.25) is 0 Å². The van der Waals surface area contributed by atoms with Crippen molar-refractivity contribution in [3.8, 4) is 5.88 Å². The fourth-order valence-electron chi connectivity index (χ4n) is 0.735. The first-order chi connectivity index (χ1) is 6.38. The van der Waals surface area contributed by atoms with Crippen LogP contribution in [0.1, 0.15) is 12.0 Å². The van der Waals surface area contributed by atoms with E-state index in [2.05, 4.69) is 9.72 Å². The number of hydrogen-bond acceptors (Lipinski definition) is 2. The number of aromatic nitrogens is 1. The Bertz CT molecular complexity index is 311. The first-order valence-electron chi connectivity index (χ1n) is 3.38. The van der Waals surface area contributed by atoms with Gasteiger partial charge in [0.05, 0.1) is 0 Å². The zero-order chi connectivity index (χ0) is 10.8. The maximum absolute atomic E-state index is 12.0. The van der Waals surface area contributed by atoms with Gasteiger partial charge in [-0.1, -0.05) is 0 Å². The Kier molecular flexibility index (Phi) is 2.87. The van der Waals surface area contributed by atoms with Crippen LogP contribution in [-0.2, 0) is 0 Å². The Balaban J connectivity index is 2.84. The van der Waals surface area contributed by atoms with Crippen molar-refractivity contribution in [2.75, 3.05) is 0 Å². The van der Waals surface area contributed by atoms with Crippen LogP contribution in [0.4, 0.5) is 22.0 Å². The Morgan fingerprint density at radius 3 is 2.43 bits per heavy atom. The summed E-state index contributed by atoms with van der Waals surface area (Å²) in [6, 6.07) is 1.45. The number of alkyl halides is 5. The first kappa shape index (κ1) is 10.7. The molecule has 0 saturated carbocycles. The molecular formula is C7H4F5NO. The molecule has 0 aliphatic heterocycles. The molecule has 0 spiro atoms. The van der Waals surface area contributed by atoms with Crippen LogP contribution in [0.25, 0.3) is 0 Å². The molecule has 0 unspecified atom stereocenters. The number of nitrogens with zero attached hydrogens (tertiary/aromatic N) is 1. The van der Waals surface area contributed by atoms with Gasteiger partial charge < -0.3 is 4.74 Å². The van der Waals surface area contributed by atoms with Crippen molar-refractivity contribution in [2.24, 2.45) is 0 Å². The van der Waals surface area contributed by atoms with Crippen LogP contribution < -0.4 is 4.74 Å². The van der Waals surface area contributed by atoms with E-state index in [1.54, 1.807) is 0 Å². The van der Waals surface area contributed by atoms with Crippen LogP contribution in [0.3, 0.4) is 0 Å². The molecule has 0 atom stereocenters. The van der Waals surface area contributed by atoms with E-state index < -0.39 is 24.2 Å². The molecule has 1 aromatic rings. The van der Waals surface area contributed by atoms with Gasteiger partial charge in [0.15, 0.2) is 0 Å². The maximum atomic E-state index is 12.0. The topological polar surface area (TPSA) is 22.1 Å². The summed E-state index contributed by atoms with van der Waals surface area (Å²) in [5.41, 5.74) is -0.570. The summed E-state index contributed by atoms with van der Waals surface area (Å²) in [5, 5.41) is 0. The van der Waals surface area contributed by atoms with Crippen molar-refractivity contribution in [3.05, 3.63) is 23.9 Å². The average Bonchev–Trinajstić information content (AvgIpc) is 2.01. The third kappa shape index (κ3) is 3.15. The Morgan fingerprint density at radius 1 is 1.29 bits per heavy atom. The molecule has 0 aliphatic carbocycles. The fourth-order valence-corrected chi connectivity index (χ4v) is 0.735. The summed E-state index contributed by atoms with van der Waals surface area (Å²) in [4.78, 5) is 3.13. The summed E-state index contributed by atoms with van der Waals surface area (Å²) in [6.07, 6.45) is -6.95. The number of ether oxygens (including phenoxy) is 1. The lowest BCUT2D eigenvalue weighted by atomic mass is 10.3. The fraction of sp³-hybridized carbons (Fsp3) is 0.286. The van der Waals surface area contributed by atoms with Crippen LogP contribution in [0.2, 0.25) is 0 Å². The van der Waals surface area contributed by atoms with Gasteiger partial charge in [0, 0.05) is 17.8 Å². The molecule has 1 heterocycles. The zero-order valence-electron chi connectivity index (χ0n) is 6.55. The third-order valence-corrected chi connectivity index (χ3v) is 1.23. The minimum Gasteiger partial charge on any atom is -0.388 e. The Hall–Kier alpha value is -1.40. The van der Waals surface area contributed by atoms with Crippen LogP contribution in [0.5, 0.6) is 5.88 Å². The predicted octanol–water partition coefficient (Wildman–Crippen LogP) is 2.92. The summed E-state index contributed by atoms with van der Waals surface area (Å²) >= 11 is 0. The highest BCUT2D eigenvalue weighted by Crippen LogP contribution is 2.25. The van der Waals surface area contributed by atoms with E-state index in [0.717, 1.165) is 12.3 Å². The molecule has 0 radical (unpaired) electrons. The third-order valence-electron chi connectivity index (χ3n) is 1.23. The van der Waals surface area contributed by atoms with E-state index in [1.807, 2.05) is 0 Å². The van der Waals surface area contributed by atoms with E-state index in [-0.39, 0.29) is 0 Å². The van der Waals surface area contributed by atoms with Gasteiger partial charge in [-0.15, -0.1) is 13.2 Å². The van der Waals surface area contributed by atoms with Gasteiger partial charge in [0.25, 0.3) is 6.43 Å². The van der Waals surface area contributed by atoms with Gasteiger partial charge in [0.1, 0.15) is 0 Å². The molecule has 0 saturated heterocycles. The van der Waals surface area contributed by atoms with E-state index in [1.165, 1.54) is 0 Å². The molecule has 0 aliphatic rings. The number of halogens is 5. The maximum Gasteiger partial charge on any atom is 0.574 e. The van der Waals surface area contributed by atoms with Crippen LogP contribution in [-0.4, -0.2) is 11.3 Å². The monoisotopic (exact) mass is 213 g/mol. The molecule has 0 N–H and O–H groups in total. The normalized spacial score (nSPS) is 11.9. The summed E-state index contributed by atoms with van der Waals surface area (Å²) < 4.78 is 62.3. The minimum absolute atomic E-state index is 0.540. The zero-order valence-corrected chi connectivity index (χ0v) is 6.55. The van der Waals surface area contributed by atoms with Gasteiger partial charge in [-0.05, 0) is 6.07 Å². The largest absolute Gasteiger partial charge is 0.574 e. The second kappa shape index (κ2) is 3.77. The summed E-state index contributed by atoms with van der Waals surface area (Å²) in [6.45, 7) is 0. The van der Waals surface area contributed by atoms with Crippen molar-refractivity contribution in [1.82, 2.24) is 4.98 Å². The van der Waals surface area contributed by atoms with E-state index in [4.69, 9.17) is 0 Å². The molecule has 1 rings (SSSR count). The predicted molar refractivity (Wildman–Crippen MR) is 35.9 cm³/mol. The minimum atomic E-state index is -4.92. The number of hydrogen-bond donors (Lipinski definition) is 0. The molecular weight excluding hydrogens is 209 g/mol. The van der Waals surface area contributed by atoms with Gasteiger partial charge in [-0.2, -0.15) is 0 Å². The number of rotatable bonds is 2. The van der Waals surface area contributed by atoms with Crippen LogP contribution >= 0.6 is 0 Å². The van der Waals surface area contributed by atoms with Crippen molar-refractivity contribution in [3.63, 3.8) is 0 Å². The number of pyridine rings is 1.